The van der Waals surface area contributed by atoms with Crippen LogP contribution in [0.1, 0.15) is 41.9 Å². The zero-order chi connectivity index (χ0) is 21.3. The van der Waals surface area contributed by atoms with Crippen molar-refractivity contribution in [1.82, 2.24) is 0 Å². The van der Waals surface area contributed by atoms with Crippen molar-refractivity contribution in [3.8, 4) is 11.1 Å². The van der Waals surface area contributed by atoms with Crippen molar-refractivity contribution in [2.24, 2.45) is 0 Å². The van der Waals surface area contributed by atoms with Crippen molar-refractivity contribution in [2.45, 2.75) is 38.5 Å². The molecule has 0 aliphatic heterocycles. The minimum atomic E-state index is -0.826. The summed E-state index contributed by atoms with van der Waals surface area (Å²) in [4.78, 5) is 0. The molecule has 30 heavy (non-hydrogen) atoms. The first-order valence-electron chi connectivity index (χ1n) is 10.1. The van der Waals surface area contributed by atoms with Gasteiger partial charge >= 0.3 is 0 Å². The number of hydrogen-bond donors (Lipinski definition) is 0. The van der Waals surface area contributed by atoms with Crippen LogP contribution in [0.4, 0.5) is 17.6 Å². The molecule has 4 rings (SSSR count). The smallest absolute Gasteiger partial charge is 0.166 e. The molecular weight excluding hydrogens is 388 g/mol. The zero-order valence-electron chi connectivity index (χ0n) is 16.7. The average molecular weight is 410 g/mol. The summed E-state index contributed by atoms with van der Waals surface area (Å²) in [5.41, 5.74) is 3.95. The molecule has 3 aromatic carbocycles. The summed E-state index contributed by atoms with van der Waals surface area (Å²) in [5.74, 6) is -3.19. The van der Waals surface area contributed by atoms with E-state index in [1.54, 1.807) is 36.4 Å². The van der Waals surface area contributed by atoms with E-state index in [1.807, 2.05) is 12.1 Å². The van der Waals surface area contributed by atoms with Crippen LogP contribution >= 0.6 is 0 Å². The standard InChI is InChI=1S/C26H22F4/c1-16-5-14-22(26(30)24(16)28)20-12-8-18(9-13-20)15-17-6-10-19(11-7-17)21-3-2-4-23(27)25(21)29/h2-6,8-9,12-14,19H,7,10-11,15H2,1H3. The molecular formula is C26H22F4. The number of rotatable bonds is 4. The Hall–Kier alpha value is -2.88. The molecule has 1 atom stereocenters. The van der Waals surface area contributed by atoms with Crippen molar-refractivity contribution >= 4 is 0 Å². The summed E-state index contributed by atoms with van der Waals surface area (Å²) < 4.78 is 55.6. The van der Waals surface area contributed by atoms with Crippen LogP contribution in [0, 0.1) is 30.2 Å². The first-order chi connectivity index (χ1) is 14.4. The Morgan fingerprint density at radius 3 is 2.30 bits per heavy atom. The van der Waals surface area contributed by atoms with Gasteiger partial charge in [-0.1, -0.05) is 60.2 Å². The first kappa shape index (κ1) is 20.4. The minimum absolute atomic E-state index is 0.00812. The lowest BCUT2D eigenvalue weighted by molar-refractivity contribution is 0.476. The van der Waals surface area contributed by atoms with E-state index in [9.17, 15) is 17.6 Å². The summed E-state index contributed by atoms with van der Waals surface area (Å²) in [6, 6.07) is 15.0. The fraction of sp³-hybridized carbons (Fsp3) is 0.231. The van der Waals surface area contributed by atoms with Gasteiger partial charge in [-0.25, -0.2) is 17.6 Å². The molecule has 0 fully saturated rings. The molecule has 1 aliphatic carbocycles. The fourth-order valence-electron chi connectivity index (χ4n) is 4.10. The second kappa shape index (κ2) is 8.47. The van der Waals surface area contributed by atoms with Crippen LogP contribution in [0.5, 0.6) is 0 Å². The normalized spacial score (nSPS) is 16.4. The van der Waals surface area contributed by atoms with Crippen LogP contribution in [0.2, 0.25) is 0 Å². The van der Waals surface area contributed by atoms with Gasteiger partial charge < -0.3 is 0 Å². The third-order valence-corrected chi connectivity index (χ3v) is 5.90. The lowest BCUT2D eigenvalue weighted by Crippen LogP contribution is -2.08. The Labute approximate surface area is 173 Å². The number of aryl methyl sites for hydroxylation is 1. The van der Waals surface area contributed by atoms with E-state index in [0.29, 0.717) is 17.5 Å². The number of allylic oxidation sites excluding steroid dienone is 2. The summed E-state index contributed by atoms with van der Waals surface area (Å²) in [5, 5.41) is 0. The number of hydrogen-bond acceptors (Lipinski definition) is 0. The predicted molar refractivity (Wildman–Crippen MR) is 111 cm³/mol. The first-order valence-corrected chi connectivity index (χ1v) is 10.1. The molecule has 3 aromatic rings. The van der Waals surface area contributed by atoms with Gasteiger partial charge in [0.05, 0.1) is 0 Å². The van der Waals surface area contributed by atoms with Gasteiger partial charge in [0.15, 0.2) is 23.3 Å². The molecule has 0 spiro atoms. The van der Waals surface area contributed by atoms with E-state index in [-0.39, 0.29) is 17.0 Å². The van der Waals surface area contributed by atoms with Crippen LogP contribution in [-0.4, -0.2) is 0 Å². The van der Waals surface area contributed by atoms with Gasteiger partial charge in [0.1, 0.15) is 0 Å². The van der Waals surface area contributed by atoms with E-state index in [4.69, 9.17) is 0 Å². The van der Waals surface area contributed by atoms with Gasteiger partial charge in [-0.05, 0) is 66.8 Å². The average Bonchev–Trinajstić information content (AvgIpc) is 2.76. The monoisotopic (exact) mass is 410 g/mol. The van der Waals surface area contributed by atoms with Gasteiger partial charge in [0, 0.05) is 5.56 Å². The molecule has 0 amide bonds. The highest BCUT2D eigenvalue weighted by Crippen LogP contribution is 2.35. The van der Waals surface area contributed by atoms with Crippen molar-refractivity contribution in [1.29, 1.82) is 0 Å². The third-order valence-electron chi connectivity index (χ3n) is 5.90. The molecule has 0 nitrogen and oxygen atoms in total. The molecule has 0 saturated heterocycles. The van der Waals surface area contributed by atoms with Gasteiger partial charge in [0.25, 0.3) is 0 Å². The summed E-state index contributed by atoms with van der Waals surface area (Å²) in [6.45, 7) is 1.54. The van der Waals surface area contributed by atoms with E-state index >= 15 is 0 Å². The minimum Gasteiger partial charge on any atom is -0.204 e. The van der Waals surface area contributed by atoms with Crippen LogP contribution in [0.15, 0.2) is 66.2 Å². The van der Waals surface area contributed by atoms with E-state index in [0.717, 1.165) is 30.9 Å². The van der Waals surface area contributed by atoms with Crippen LogP contribution in [0.25, 0.3) is 11.1 Å². The van der Waals surface area contributed by atoms with Crippen LogP contribution in [-0.2, 0) is 6.42 Å². The second-order valence-corrected chi connectivity index (χ2v) is 7.91. The molecule has 154 valence electrons. The Bertz CT molecular complexity index is 1100. The summed E-state index contributed by atoms with van der Waals surface area (Å²) >= 11 is 0. The molecule has 1 unspecified atom stereocenters. The van der Waals surface area contributed by atoms with Gasteiger partial charge in [-0.15, -0.1) is 0 Å². The topological polar surface area (TPSA) is 0 Å². The highest BCUT2D eigenvalue weighted by molar-refractivity contribution is 5.65. The maximum atomic E-state index is 14.2. The van der Waals surface area contributed by atoms with Crippen LogP contribution < -0.4 is 0 Å². The third kappa shape index (κ3) is 4.04. The summed E-state index contributed by atoms with van der Waals surface area (Å²) in [7, 11) is 0. The van der Waals surface area contributed by atoms with E-state index < -0.39 is 23.3 Å². The Kier molecular flexibility index (Phi) is 5.76. The highest BCUT2D eigenvalue weighted by atomic mass is 19.2. The quantitative estimate of drug-likeness (QED) is 0.306. The van der Waals surface area contributed by atoms with Crippen molar-refractivity contribution in [3.05, 3.63) is 106 Å². The van der Waals surface area contributed by atoms with Gasteiger partial charge in [0.2, 0.25) is 0 Å². The van der Waals surface area contributed by atoms with Gasteiger partial charge in [-0.2, -0.15) is 0 Å². The molecule has 0 N–H and O–H groups in total. The molecule has 1 aliphatic rings. The maximum absolute atomic E-state index is 14.2. The molecule has 0 heterocycles. The maximum Gasteiger partial charge on any atom is 0.166 e. The van der Waals surface area contributed by atoms with E-state index in [1.165, 1.54) is 12.5 Å². The Morgan fingerprint density at radius 2 is 1.60 bits per heavy atom. The zero-order valence-corrected chi connectivity index (χ0v) is 16.7. The largest absolute Gasteiger partial charge is 0.204 e. The molecule has 0 radical (unpaired) electrons. The van der Waals surface area contributed by atoms with Crippen molar-refractivity contribution in [3.63, 3.8) is 0 Å². The van der Waals surface area contributed by atoms with E-state index in [2.05, 4.69) is 6.08 Å². The lowest BCUT2D eigenvalue weighted by Gasteiger charge is -2.23. The molecule has 4 heteroatoms. The fourth-order valence-corrected chi connectivity index (χ4v) is 4.10. The van der Waals surface area contributed by atoms with Crippen LogP contribution in [0.3, 0.4) is 0 Å². The molecule has 0 saturated carbocycles. The number of benzene rings is 3. The second-order valence-electron chi connectivity index (χ2n) is 7.91. The molecule has 0 aromatic heterocycles. The number of halogens is 4. The Balaban J connectivity index is 1.45. The summed E-state index contributed by atoms with van der Waals surface area (Å²) in [6.07, 6.45) is 5.14. The van der Waals surface area contributed by atoms with Gasteiger partial charge in [-0.3, -0.25) is 0 Å². The predicted octanol–water partition coefficient (Wildman–Crippen LogP) is 7.66. The Morgan fingerprint density at radius 1 is 0.833 bits per heavy atom. The molecule has 0 bridgehead atoms. The highest BCUT2D eigenvalue weighted by Gasteiger charge is 2.21. The van der Waals surface area contributed by atoms with Crippen molar-refractivity contribution in [2.75, 3.05) is 0 Å². The lowest BCUT2D eigenvalue weighted by atomic mass is 9.82. The SMILES string of the molecule is Cc1ccc(-c2ccc(CC3=CCC(c4cccc(F)c4F)CC3)cc2)c(F)c1F. The van der Waals surface area contributed by atoms with Crippen molar-refractivity contribution < 1.29 is 17.6 Å².